The number of primary amides is 1. The quantitative estimate of drug-likeness (QED) is 0.844. The number of nitrogens with two attached hydrogens (primary N) is 1. The van der Waals surface area contributed by atoms with Gasteiger partial charge in [-0.1, -0.05) is 30.3 Å². The maximum Gasteiger partial charge on any atom is 0.240 e. The van der Waals surface area contributed by atoms with Gasteiger partial charge in [0.1, 0.15) is 6.04 Å². The van der Waals surface area contributed by atoms with Crippen LogP contribution in [0, 0.1) is 28.1 Å². The molecule has 2 aliphatic heterocycles. The summed E-state index contributed by atoms with van der Waals surface area (Å²) in [5, 5.41) is 20.6. The molecular formula is C23H20N4O3. The highest BCUT2D eigenvalue weighted by atomic mass is 16.5. The number of carbonyl (C=O) groups is 1. The van der Waals surface area contributed by atoms with E-state index in [0.717, 1.165) is 11.1 Å². The number of fused-ring (bicyclic) bond motifs is 3. The number of benzene rings is 2. The maximum atomic E-state index is 12.6. The molecule has 7 nitrogen and oxygen atoms in total. The van der Waals surface area contributed by atoms with Crippen LogP contribution in [0.4, 0.5) is 0 Å². The first-order valence-electron chi connectivity index (χ1n) is 9.40. The zero-order valence-corrected chi connectivity index (χ0v) is 16.6. The van der Waals surface area contributed by atoms with Gasteiger partial charge in [0.25, 0.3) is 0 Å². The van der Waals surface area contributed by atoms with E-state index in [9.17, 15) is 15.3 Å². The number of carbonyl (C=O) groups excluding carboxylic acids is 1. The third-order valence-corrected chi connectivity index (χ3v) is 6.00. The van der Waals surface area contributed by atoms with E-state index in [4.69, 9.17) is 15.2 Å². The minimum Gasteiger partial charge on any atom is -0.493 e. The van der Waals surface area contributed by atoms with E-state index < -0.39 is 29.3 Å². The lowest BCUT2D eigenvalue weighted by molar-refractivity contribution is -0.122. The molecule has 150 valence electrons. The van der Waals surface area contributed by atoms with Gasteiger partial charge in [0.2, 0.25) is 5.91 Å². The Morgan fingerprint density at radius 1 is 1.10 bits per heavy atom. The lowest BCUT2D eigenvalue weighted by Crippen LogP contribution is -2.41. The molecule has 2 heterocycles. The van der Waals surface area contributed by atoms with Gasteiger partial charge in [0.05, 0.1) is 32.4 Å². The highest BCUT2D eigenvalue weighted by Gasteiger charge is 2.63. The summed E-state index contributed by atoms with van der Waals surface area (Å²) in [5.41, 5.74) is 6.61. The van der Waals surface area contributed by atoms with Gasteiger partial charge >= 0.3 is 0 Å². The molecule has 4 rings (SSSR count). The van der Waals surface area contributed by atoms with Gasteiger partial charge in [-0.3, -0.25) is 4.79 Å². The molecule has 2 N–H and O–H groups in total. The molecule has 0 saturated carbocycles. The summed E-state index contributed by atoms with van der Waals surface area (Å²) in [5.74, 6) is -0.428. The molecule has 0 spiro atoms. The predicted molar refractivity (Wildman–Crippen MR) is 109 cm³/mol. The van der Waals surface area contributed by atoms with Gasteiger partial charge in [0, 0.05) is 12.1 Å². The van der Waals surface area contributed by atoms with Crippen LogP contribution in [0.2, 0.25) is 0 Å². The fraction of sp³-hybridized carbons (Fsp3) is 0.261. The summed E-state index contributed by atoms with van der Waals surface area (Å²) in [7, 11) is 3.03. The Morgan fingerprint density at radius 3 is 2.43 bits per heavy atom. The molecule has 3 atom stereocenters. The molecule has 0 unspecified atom stereocenters. The van der Waals surface area contributed by atoms with E-state index in [1.54, 1.807) is 29.3 Å². The van der Waals surface area contributed by atoms with Crippen LogP contribution in [0.3, 0.4) is 0 Å². The molecule has 2 aliphatic rings. The number of hydrogen-bond donors (Lipinski definition) is 1. The fourth-order valence-electron chi connectivity index (χ4n) is 4.74. The minimum atomic E-state index is -1.54. The highest BCUT2D eigenvalue weighted by Crippen LogP contribution is 2.59. The van der Waals surface area contributed by atoms with Crippen molar-refractivity contribution in [2.24, 2.45) is 11.1 Å². The number of ether oxygens (including phenoxy) is 2. The summed E-state index contributed by atoms with van der Waals surface area (Å²) in [6.45, 7) is 0. The Kier molecular flexibility index (Phi) is 4.60. The Bertz CT molecular complexity index is 1110. The molecule has 1 fully saturated rings. The Morgan fingerprint density at radius 2 is 1.80 bits per heavy atom. The number of amides is 1. The number of hydrogen-bond acceptors (Lipinski definition) is 6. The second-order valence-electron chi connectivity index (χ2n) is 7.33. The lowest BCUT2D eigenvalue weighted by Gasteiger charge is -2.34. The van der Waals surface area contributed by atoms with E-state index in [2.05, 4.69) is 12.1 Å². The molecule has 7 heteroatoms. The third-order valence-electron chi connectivity index (χ3n) is 6.00. The molecule has 0 radical (unpaired) electrons. The zero-order valence-electron chi connectivity index (χ0n) is 16.6. The average molecular weight is 400 g/mol. The molecule has 0 aliphatic carbocycles. The highest BCUT2D eigenvalue weighted by molar-refractivity contribution is 5.84. The van der Waals surface area contributed by atoms with Crippen LogP contribution < -0.4 is 15.2 Å². The molecule has 1 saturated heterocycles. The van der Waals surface area contributed by atoms with Crippen LogP contribution in [0.1, 0.15) is 28.7 Å². The SMILES string of the molecule is COc1ccc([C@H]2[C@H](C(N)=O)N3C=Cc4ccccc4[C@@H]3C2(C#N)C#N)cc1OC. The van der Waals surface area contributed by atoms with E-state index >= 15 is 0 Å². The Balaban J connectivity index is 1.98. The van der Waals surface area contributed by atoms with Crippen molar-refractivity contribution in [3.8, 4) is 23.6 Å². The Hall–Kier alpha value is -3.97. The largest absolute Gasteiger partial charge is 0.493 e. The standard InChI is InChI=1S/C23H20N4O3/c1-29-17-8-7-15(11-18(17)30-2)19-20(22(26)28)27-10-9-14-5-3-4-6-16(14)21(27)23(19,12-24)13-25/h3-11,19-21H,1-2H3,(H2,26,28)/t19-,20+,21+/m0/s1. The van der Waals surface area contributed by atoms with Crippen LogP contribution in [-0.2, 0) is 4.79 Å². The summed E-state index contributed by atoms with van der Waals surface area (Å²) in [6.07, 6.45) is 3.63. The van der Waals surface area contributed by atoms with Crippen molar-refractivity contribution in [1.29, 1.82) is 10.5 Å². The van der Waals surface area contributed by atoms with Crippen LogP contribution in [0.5, 0.6) is 11.5 Å². The number of methoxy groups -OCH3 is 2. The van der Waals surface area contributed by atoms with Crippen LogP contribution in [0.15, 0.2) is 48.7 Å². The first-order valence-corrected chi connectivity index (χ1v) is 9.40. The molecule has 0 aromatic heterocycles. The number of rotatable bonds is 4. The molecular weight excluding hydrogens is 380 g/mol. The van der Waals surface area contributed by atoms with Gasteiger partial charge in [-0.15, -0.1) is 0 Å². The van der Waals surface area contributed by atoms with Crippen molar-refractivity contribution in [1.82, 2.24) is 4.90 Å². The lowest BCUT2D eigenvalue weighted by atomic mass is 9.68. The van der Waals surface area contributed by atoms with Crippen LogP contribution >= 0.6 is 0 Å². The molecule has 30 heavy (non-hydrogen) atoms. The van der Waals surface area contributed by atoms with Crippen LogP contribution in [0.25, 0.3) is 6.08 Å². The third kappa shape index (κ3) is 2.53. The molecule has 2 aromatic rings. The summed E-state index contributed by atoms with van der Waals surface area (Å²) in [6, 6.07) is 15.7. The van der Waals surface area contributed by atoms with Gasteiger partial charge in [-0.2, -0.15) is 10.5 Å². The van der Waals surface area contributed by atoms with Crippen molar-refractivity contribution in [3.63, 3.8) is 0 Å². The topological polar surface area (TPSA) is 112 Å². The maximum absolute atomic E-state index is 12.6. The Labute approximate surface area is 174 Å². The van der Waals surface area contributed by atoms with Crippen LogP contribution in [-0.4, -0.2) is 31.1 Å². The van der Waals surface area contributed by atoms with Gasteiger partial charge in [0.15, 0.2) is 16.9 Å². The van der Waals surface area contributed by atoms with E-state index in [0.29, 0.717) is 17.1 Å². The van der Waals surface area contributed by atoms with Crippen molar-refractivity contribution in [2.75, 3.05) is 14.2 Å². The predicted octanol–water partition coefficient (Wildman–Crippen LogP) is 2.72. The first kappa shape index (κ1) is 19.4. The van der Waals surface area contributed by atoms with Crippen molar-refractivity contribution in [2.45, 2.75) is 18.0 Å². The van der Waals surface area contributed by atoms with Gasteiger partial charge in [-0.05, 0) is 34.9 Å². The minimum absolute atomic E-state index is 0.448. The van der Waals surface area contributed by atoms with Crippen molar-refractivity contribution < 1.29 is 14.3 Å². The fourth-order valence-corrected chi connectivity index (χ4v) is 4.74. The second kappa shape index (κ2) is 7.13. The number of nitriles is 2. The van der Waals surface area contributed by atoms with Crippen molar-refractivity contribution >= 4 is 12.0 Å². The van der Waals surface area contributed by atoms with Crippen molar-refractivity contribution in [3.05, 3.63) is 65.4 Å². The van der Waals surface area contributed by atoms with Gasteiger partial charge in [-0.25, -0.2) is 0 Å². The summed E-state index contributed by atoms with van der Waals surface area (Å²) < 4.78 is 10.7. The van der Waals surface area contributed by atoms with E-state index in [-0.39, 0.29) is 0 Å². The summed E-state index contributed by atoms with van der Waals surface area (Å²) >= 11 is 0. The monoisotopic (exact) mass is 400 g/mol. The van der Waals surface area contributed by atoms with Gasteiger partial charge < -0.3 is 20.1 Å². The zero-order chi connectivity index (χ0) is 21.5. The average Bonchev–Trinajstić information content (AvgIpc) is 3.09. The van der Waals surface area contributed by atoms with E-state index in [1.165, 1.54) is 14.2 Å². The normalized spacial score (nSPS) is 22.9. The summed E-state index contributed by atoms with van der Waals surface area (Å²) in [4.78, 5) is 14.4. The molecule has 2 aromatic carbocycles. The number of nitrogens with zero attached hydrogens (tertiary/aromatic N) is 3. The second-order valence-corrected chi connectivity index (χ2v) is 7.33. The van der Waals surface area contributed by atoms with E-state index in [1.807, 2.05) is 30.3 Å². The molecule has 1 amide bonds. The molecule has 0 bridgehead atoms. The smallest absolute Gasteiger partial charge is 0.240 e. The first-order chi connectivity index (χ1) is 14.5.